The lowest BCUT2D eigenvalue weighted by Gasteiger charge is -2.34. The Morgan fingerprint density at radius 1 is 1.44 bits per heavy atom. The Balaban J connectivity index is 1.63. The molecule has 9 heteroatoms. The van der Waals surface area contributed by atoms with Gasteiger partial charge in [0.05, 0.1) is 13.2 Å². The van der Waals surface area contributed by atoms with E-state index in [9.17, 15) is 18.0 Å². The van der Waals surface area contributed by atoms with Crippen LogP contribution in [0.3, 0.4) is 0 Å². The van der Waals surface area contributed by atoms with Gasteiger partial charge in [-0.1, -0.05) is 0 Å². The number of hydrogen-bond donors (Lipinski definition) is 2. The molecule has 1 unspecified atom stereocenters. The van der Waals surface area contributed by atoms with E-state index in [0.29, 0.717) is 5.56 Å². The summed E-state index contributed by atoms with van der Waals surface area (Å²) in [6, 6.07) is 0.895. The number of pyridine rings is 1. The minimum atomic E-state index is -2.76. The molecule has 1 aliphatic carbocycles. The molecule has 1 aliphatic heterocycles. The van der Waals surface area contributed by atoms with Crippen LogP contribution in [0.25, 0.3) is 0 Å². The average Bonchev–Trinajstić information content (AvgIpc) is 3.07. The maximum atomic E-state index is 14.1. The smallest absolute Gasteiger partial charge is 0.255 e. The van der Waals surface area contributed by atoms with Crippen molar-refractivity contribution in [2.24, 2.45) is 0 Å². The molecular weight excluding hydrogens is 339 g/mol. The first-order chi connectivity index (χ1) is 11.9. The van der Waals surface area contributed by atoms with E-state index in [4.69, 9.17) is 9.47 Å². The molecule has 0 spiro atoms. The number of ether oxygens (including phenoxy) is 2. The van der Waals surface area contributed by atoms with Gasteiger partial charge < -0.3 is 20.1 Å². The van der Waals surface area contributed by atoms with Gasteiger partial charge in [-0.2, -0.15) is 4.98 Å². The van der Waals surface area contributed by atoms with Gasteiger partial charge in [0.25, 0.3) is 11.8 Å². The third-order valence-corrected chi connectivity index (χ3v) is 4.34. The summed E-state index contributed by atoms with van der Waals surface area (Å²) in [6.45, 7) is 0.843. The zero-order valence-electron chi connectivity index (χ0n) is 13.8. The first-order valence-corrected chi connectivity index (χ1v) is 8.17. The molecule has 1 atom stereocenters. The first-order valence-electron chi connectivity index (χ1n) is 8.17. The molecule has 1 amide bonds. The number of hydrogen-bond acceptors (Lipinski definition) is 5. The van der Waals surface area contributed by atoms with Crippen LogP contribution in [0, 0.1) is 5.82 Å². The van der Waals surface area contributed by atoms with Crippen LogP contribution in [0.5, 0.6) is 11.8 Å². The van der Waals surface area contributed by atoms with Crippen molar-refractivity contribution < 1.29 is 27.4 Å². The van der Waals surface area contributed by atoms with E-state index >= 15 is 0 Å². The highest BCUT2D eigenvalue weighted by Gasteiger charge is 2.47. The summed E-state index contributed by atoms with van der Waals surface area (Å²) >= 11 is 0. The van der Waals surface area contributed by atoms with Gasteiger partial charge >= 0.3 is 0 Å². The van der Waals surface area contributed by atoms with Crippen LogP contribution in [0.2, 0.25) is 0 Å². The van der Waals surface area contributed by atoms with Crippen molar-refractivity contribution in [3.05, 3.63) is 17.4 Å². The second kappa shape index (κ2) is 7.07. The predicted octanol–water partition coefficient (Wildman–Crippen LogP) is 1.77. The average molecular weight is 359 g/mol. The molecule has 6 nitrogen and oxygen atoms in total. The van der Waals surface area contributed by atoms with Gasteiger partial charge in [0.2, 0.25) is 11.8 Å². The number of methoxy groups -OCH3 is 1. The number of amides is 1. The van der Waals surface area contributed by atoms with Crippen molar-refractivity contribution in [2.45, 2.75) is 50.3 Å². The van der Waals surface area contributed by atoms with E-state index < -0.39 is 30.7 Å². The summed E-state index contributed by atoms with van der Waals surface area (Å²) in [5.41, 5.74) is 0.345. The topological polar surface area (TPSA) is 72.5 Å². The van der Waals surface area contributed by atoms with Gasteiger partial charge in [0, 0.05) is 24.9 Å². The summed E-state index contributed by atoms with van der Waals surface area (Å²) in [7, 11) is 1.35. The molecule has 0 aromatic carbocycles. The van der Waals surface area contributed by atoms with Crippen LogP contribution in [0.1, 0.15) is 31.2 Å². The van der Waals surface area contributed by atoms with E-state index in [0.717, 1.165) is 25.5 Å². The highest BCUT2D eigenvalue weighted by molar-refractivity contribution is 5.82. The third kappa shape index (κ3) is 4.15. The van der Waals surface area contributed by atoms with E-state index in [1.54, 1.807) is 0 Å². The zero-order valence-corrected chi connectivity index (χ0v) is 13.8. The Bertz CT molecular complexity index is 643. The fourth-order valence-electron chi connectivity index (χ4n) is 2.94. The minimum absolute atomic E-state index is 0.0475. The predicted molar refractivity (Wildman–Crippen MR) is 82.2 cm³/mol. The molecule has 1 aromatic rings. The third-order valence-electron chi connectivity index (χ3n) is 4.34. The summed E-state index contributed by atoms with van der Waals surface area (Å²) < 4.78 is 50.1. The van der Waals surface area contributed by atoms with Gasteiger partial charge in [0.1, 0.15) is 6.10 Å². The molecule has 2 fully saturated rings. The Morgan fingerprint density at radius 3 is 2.80 bits per heavy atom. The number of nitrogens with one attached hydrogen (secondary N) is 2. The molecular formula is C16H20F3N3O3. The lowest BCUT2D eigenvalue weighted by molar-refractivity contribution is -0.136. The SMILES string of the molecule is COc1nc(OC2CC(F)(F)C2)c(F)cc1CNC(=O)C1CCCN1. The Labute approximate surface area is 143 Å². The van der Waals surface area contributed by atoms with Crippen LogP contribution in [0.15, 0.2) is 6.07 Å². The van der Waals surface area contributed by atoms with E-state index in [1.807, 2.05) is 0 Å². The van der Waals surface area contributed by atoms with Crippen LogP contribution >= 0.6 is 0 Å². The number of rotatable bonds is 6. The number of carbonyl (C=O) groups excluding carboxylic acids is 1. The van der Waals surface area contributed by atoms with Gasteiger partial charge in [-0.3, -0.25) is 4.79 Å². The van der Waals surface area contributed by atoms with E-state index in [1.165, 1.54) is 7.11 Å². The highest BCUT2D eigenvalue weighted by atomic mass is 19.3. The van der Waals surface area contributed by atoms with Crippen LogP contribution in [-0.4, -0.2) is 42.6 Å². The molecule has 0 bridgehead atoms. The van der Waals surface area contributed by atoms with Gasteiger partial charge in [-0.05, 0) is 25.5 Å². The lowest BCUT2D eigenvalue weighted by atomic mass is 9.91. The van der Waals surface area contributed by atoms with Crippen molar-refractivity contribution in [3.63, 3.8) is 0 Å². The van der Waals surface area contributed by atoms with Gasteiger partial charge in [-0.25, -0.2) is 13.2 Å². The molecule has 2 N–H and O–H groups in total. The second-order valence-corrected chi connectivity index (χ2v) is 6.31. The molecule has 1 saturated heterocycles. The lowest BCUT2D eigenvalue weighted by Crippen LogP contribution is -2.43. The molecule has 2 aliphatic rings. The standard InChI is InChI=1S/C16H20F3N3O3/c1-24-14-9(8-21-13(23)12-3-2-4-20-12)5-11(17)15(22-14)25-10-6-16(18,19)7-10/h5,10,12,20H,2-4,6-8H2,1H3,(H,21,23). The Hall–Kier alpha value is -2.03. The monoisotopic (exact) mass is 359 g/mol. The highest BCUT2D eigenvalue weighted by Crippen LogP contribution is 2.40. The molecule has 138 valence electrons. The summed E-state index contributed by atoms with van der Waals surface area (Å²) in [5.74, 6) is -3.99. The summed E-state index contributed by atoms with van der Waals surface area (Å²) in [6.07, 6.45) is 0.0180. The summed E-state index contributed by atoms with van der Waals surface area (Å²) in [4.78, 5) is 15.9. The number of halogens is 3. The van der Waals surface area contributed by atoms with Crippen molar-refractivity contribution in [1.29, 1.82) is 0 Å². The van der Waals surface area contributed by atoms with Gasteiger partial charge in [-0.15, -0.1) is 0 Å². The van der Waals surface area contributed by atoms with Crippen molar-refractivity contribution in [3.8, 4) is 11.8 Å². The van der Waals surface area contributed by atoms with Crippen LogP contribution < -0.4 is 20.1 Å². The molecule has 0 radical (unpaired) electrons. The summed E-state index contributed by atoms with van der Waals surface area (Å²) in [5, 5.41) is 5.78. The molecule has 3 rings (SSSR count). The Kier molecular flexibility index (Phi) is 5.03. The van der Waals surface area contributed by atoms with Gasteiger partial charge in [0.15, 0.2) is 5.82 Å². The van der Waals surface area contributed by atoms with E-state index in [2.05, 4.69) is 15.6 Å². The maximum Gasteiger partial charge on any atom is 0.255 e. The number of carbonyl (C=O) groups is 1. The van der Waals surface area contributed by atoms with E-state index in [-0.39, 0.29) is 30.3 Å². The Morgan fingerprint density at radius 2 is 2.20 bits per heavy atom. The first kappa shape index (κ1) is 17.8. The van der Waals surface area contributed by atoms with Crippen molar-refractivity contribution in [1.82, 2.24) is 15.6 Å². The molecule has 25 heavy (non-hydrogen) atoms. The van der Waals surface area contributed by atoms with Crippen molar-refractivity contribution >= 4 is 5.91 Å². The molecule has 1 aromatic heterocycles. The van der Waals surface area contributed by atoms with Crippen LogP contribution in [-0.2, 0) is 11.3 Å². The van der Waals surface area contributed by atoms with Crippen LogP contribution in [0.4, 0.5) is 13.2 Å². The quantitative estimate of drug-likeness (QED) is 0.810. The molecule has 2 heterocycles. The fourth-order valence-corrected chi connectivity index (χ4v) is 2.94. The minimum Gasteiger partial charge on any atom is -0.481 e. The fraction of sp³-hybridized carbons (Fsp3) is 0.625. The molecule has 1 saturated carbocycles. The number of nitrogens with zero attached hydrogens (tertiary/aromatic N) is 1. The normalized spacial score (nSPS) is 22.3. The number of aromatic nitrogens is 1. The van der Waals surface area contributed by atoms with Crippen molar-refractivity contribution in [2.75, 3.05) is 13.7 Å². The largest absolute Gasteiger partial charge is 0.481 e. The zero-order chi connectivity index (χ0) is 18.0. The second-order valence-electron chi connectivity index (χ2n) is 6.31. The number of alkyl halides is 2. The maximum absolute atomic E-state index is 14.1.